The highest BCUT2D eigenvalue weighted by Gasteiger charge is 2.40. The van der Waals surface area contributed by atoms with E-state index in [1.165, 1.54) is 11.1 Å². The number of methoxy groups -OCH3 is 1. The molecule has 1 fully saturated rings. The predicted molar refractivity (Wildman–Crippen MR) is 73.1 cm³/mol. The first-order chi connectivity index (χ1) is 8.57. The Morgan fingerprint density at radius 3 is 2.61 bits per heavy atom. The van der Waals surface area contributed by atoms with E-state index >= 15 is 0 Å². The molecule has 1 unspecified atom stereocenters. The molecule has 0 aromatic heterocycles. The van der Waals surface area contributed by atoms with Crippen molar-refractivity contribution >= 4 is 0 Å². The molecule has 0 amide bonds. The standard InChI is InChI=1S/C15H23NO2/c1-11-8-13(4-5-14(11)17-3)15(9-18-10-15)7-6-12(2)16/h4-5,8,12H,6-7,9-10,16H2,1-3H3. The summed E-state index contributed by atoms with van der Waals surface area (Å²) >= 11 is 0. The van der Waals surface area contributed by atoms with Gasteiger partial charge in [-0.25, -0.2) is 0 Å². The molecule has 0 radical (unpaired) electrons. The summed E-state index contributed by atoms with van der Waals surface area (Å²) in [5.41, 5.74) is 8.58. The third-order valence-electron chi connectivity index (χ3n) is 3.84. The Bertz CT molecular complexity index is 411. The molecule has 0 spiro atoms. The molecule has 0 bridgehead atoms. The van der Waals surface area contributed by atoms with Gasteiger partial charge in [-0.15, -0.1) is 0 Å². The number of rotatable bonds is 5. The van der Waals surface area contributed by atoms with Gasteiger partial charge >= 0.3 is 0 Å². The molecule has 0 saturated carbocycles. The zero-order valence-corrected chi connectivity index (χ0v) is 11.5. The number of aryl methyl sites for hydroxylation is 1. The molecule has 3 heteroatoms. The van der Waals surface area contributed by atoms with Gasteiger partial charge in [0, 0.05) is 11.5 Å². The highest BCUT2D eigenvalue weighted by molar-refractivity contribution is 5.40. The van der Waals surface area contributed by atoms with Crippen molar-refractivity contribution in [2.45, 2.75) is 38.1 Å². The average molecular weight is 249 g/mol. The Morgan fingerprint density at radius 1 is 1.44 bits per heavy atom. The van der Waals surface area contributed by atoms with Crippen LogP contribution in [-0.2, 0) is 10.2 Å². The fourth-order valence-corrected chi connectivity index (χ4v) is 2.52. The molecule has 1 aliphatic heterocycles. The molecule has 0 aliphatic carbocycles. The maximum absolute atomic E-state index is 5.87. The number of ether oxygens (including phenoxy) is 2. The average Bonchev–Trinajstić information content (AvgIpc) is 2.27. The van der Waals surface area contributed by atoms with Gasteiger partial charge in [0.1, 0.15) is 5.75 Å². The Hall–Kier alpha value is -1.06. The van der Waals surface area contributed by atoms with Gasteiger partial charge in [0.25, 0.3) is 0 Å². The van der Waals surface area contributed by atoms with Crippen LogP contribution in [0.3, 0.4) is 0 Å². The molecule has 100 valence electrons. The molecule has 18 heavy (non-hydrogen) atoms. The minimum absolute atomic E-state index is 0.171. The lowest BCUT2D eigenvalue weighted by molar-refractivity contribution is -0.0657. The van der Waals surface area contributed by atoms with Gasteiger partial charge in [-0.3, -0.25) is 0 Å². The smallest absolute Gasteiger partial charge is 0.121 e. The van der Waals surface area contributed by atoms with Crippen LogP contribution in [0, 0.1) is 6.92 Å². The quantitative estimate of drug-likeness (QED) is 0.871. The van der Waals surface area contributed by atoms with E-state index in [-0.39, 0.29) is 11.5 Å². The molecule has 1 atom stereocenters. The van der Waals surface area contributed by atoms with Crippen molar-refractivity contribution in [3.05, 3.63) is 29.3 Å². The summed E-state index contributed by atoms with van der Waals surface area (Å²) in [6, 6.07) is 6.69. The summed E-state index contributed by atoms with van der Waals surface area (Å²) in [5, 5.41) is 0. The van der Waals surface area contributed by atoms with Gasteiger partial charge in [0.15, 0.2) is 0 Å². The normalized spacial score (nSPS) is 19.1. The van der Waals surface area contributed by atoms with E-state index in [0.717, 1.165) is 31.8 Å². The lowest BCUT2D eigenvalue weighted by Crippen LogP contribution is -2.47. The topological polar surface area (TPSA) is 44.5 Å². The Labute approximate surface area is 109 Å². The van der Waals surface area contributed by atoms with Gasteiger partial charge in [-0.05, 0) is 43.9 Å². The van der Waals surface area contributed by atoms with Crippen molar-refractivity contribution in [1.29, 1.82) is 0 Å². The molecule has 2 rings (SSSR count). The van der Waals surface area contributed by atoms with Crippen LogP contribution in [0.15, 0.2) is 18.2 Å². The van der Waals surface area contributed by atoms with Gasteiger partial charge in [0.05, 0.1) is 20.3 Å². The SMILES string of the molecule is COc1ccc(C2(CCC(C)N)COC2)cc1C. The van der Waals surface area contributed by atoms with Crippen LogP contribution in [0.5, 0.6) is 5.75 Å². The maximum Gasteiger partial charge on any atom is 0.121 e. The maximum atomic E-state index is 5.87. The first-order valence-corrected chi connectivity index (χ1v) is 6.56. The van der Waals surface area contributed by atoms with E-state index < -0.39 is 0 Å². The van der Waals surface area contributed by atoms with Crippen molar-refractivity contribution in [1.82, 2.24) is 0 Å². The van der Waals surface area contributed by atoms with Gasteiger partial charge < -0.3 is 15.2 Å². The van der Waals surface area contributed by atoms with E-state index in [1.54, 1.807) is 7.11 Å². The Kier molecular flexibility index (Phi) is 3.93. The molecule has 1 heterocycles. The number of hydrogen-bond acceptors (Lipinski definition) is 3. The van der Waals surface area contributed by atoms with Crippen LogP contribution in [0.1, 0.15) is 30.9 Å². The van der Waals surface area contributed by atoms with Crippen LogP contribution in [0.2, 0.25) is 0 Å². The summed E-state index contributed by atoms with van der Waals surface area (Å²) < 4.78 is 10.8. The van der Waals surface area contributed by atoms with Gasteiger partial charge in [-0.2, -0.15) is 0 Å². The predicted octanol–water partition coefficient (Wildman–Crippen LogP) is 2.40. The minimum Gasteiger partial charge on any atom is -0.496 e. The zero-order chi connectivity index (χ0) is 13.2. The number of hydrogen-bond donors (Lipinski definition) is 1. The highest BCUT2D eigenvalue weighted by atomic mass is 16.5. The molecular weight excluding hydrogens is 226 g/mol. The van der Waals surface area contributed by atoms with Crippen molar-refractivity contribution in [3.63, 3.8) is 0 Å². The van der Waals surface area contributed by atoms with Crippen LogP contribution < -0.4 is 10.5 Å². The molecule has 2 N–H and O–H groups in total. The number of benzene rings is 1. The van der Waals surface area contributed by atoms with Gasteiger partial charge in [0.2, 0.25) is 0 Å². The first kappa shape index (κ1) is 13.4. The second-order valence-electron chi connectivity index (χ2n) is 5.47. The fraction of sp³-hybridized carbons (Fsp3) is 0.600. The monoisotopic (exact) mass is 249 g/mol. The fourth-order valence-electron chi connectivity index (χ4n) is 2.52. The second kappa shape index (κ2) is 5.29. The zero-order valence-electron chi connectivity index (χ0n) is 11.5. The van der Waals surface area contributed by atoms with Gasteiger partial charge in [-0.1, -0.05) is 12.1 Å². The van der Waals surface area contributed by atoms with E-state index in [2.05, 4.69) is 32.0 Å². The molecule has 3 nitrogen and oxygen atoms in total. The Balaban J connectivity index is 2.19. The lowest BCUT2D eigenvalue weighted by atomic mass is 9.74. The molecule has 1 aliphatic rings. The number of nitrogens with two attached hydrogens (primary N) is 1. The summed E-state index contributed by atoms with van der Waals surface area (Å²) in [4.78, 5) is 0. The first-order valence-electron chi connectivity index (χ1n) is 6.56. The molecule has 1 saturated heterocycles. The van der Waals surface area contributed by atoms with Crippen LogP contribution in [0.4, 0.5) is 0 Å². The van der Waals surface area contributed by atoms with Crippen molar-refractivity contribution in [2.75, 3.05) is 20.3 Å². The van der Waals surface area contributed by atoms with Crippen molar-refractivity contribution in [2.24, 2.45) is 5.73 Å². The molecule has 1 aromatic rings. The third kappa shape index (κ3) is 2.52. The summed E-state index contributed by atoms with van der Waals surface area (Å²) in [7, 11) is 1.71. The summed E-state index contributed by atoms with van der Waals surface area (Å²) in [6.45, 7) is 5.77. The van der Waals surface area contributed by atoms with Crippen molar-refractivity contribution < 1.29 is 9.47 Å². The molecule has 1 aromatic carbocycles. The van der Waals surface area contributed by atoms with Crippen LogP contribution in [0.25, 0.3) is 0 Å². The second-order valence-corrected chi connectivity index (χ2v) is 5.47. The van der Waals surface area contributed by atoms with Crippen LogP contribution >= 0.6 is 0 Å². The highest BCUT2D eigenvalue weighted by Crippen LogP contribution is 2.38. The van der Waals surface area contributed by atoms with E-state index in [9.17, 15) is 0 Å². The van der Waals surface area contributed by atoms with Crippen molar-refractivity contribution in [3.8, 4) is 5.75 Å². The largest absolute Gasteiger partial charge is 0.496 e. The lowest BCUT2D eigenvalue weighted by Gasteiger charge is -2.42. The summed E-state index contributed by atoms with van der Waals surface area (Å²) in [5.74, 6) is 0.946. The Morgan fingerprint density at radius 2 is 2.17 bits per heavy atom. The summed E-state index contributed by atoms with van der Waals surface area (Å²) in [6.07, 6.45) is 2.13. The van der Waals surface area contributed by atoms with Crippen LogP contribution in [-0.4, -0.2) is 26.4 Å². The van der Waals surface area contributed by atoms with E-state index in [4.69, 9.17) is 15.2 Å². The molecular formula is C15H23NO2. The van der Waals surface area contributed by atoms with E-state index in [1.807, 2.05) is 0 Å². The third-order valence-corrected chi connectivity index (χ3v) is 3.84. The van der Waals surface area contributed by atoms with E-state index in [0.29, 0.717) is 0 Å². The minimum atomic E-state index is 0.171.